The summed E-state index contributed by atoms with van der Waals surface area (Å²) in [4.78, 5) is 18.7. The Bertz CT molecular complexity index is 1790. The van der Waals surface area contributed by atoms with Crippen molar-refractivity contribution in [3.8, 4) is 5.75 Å². The zero-order chi connectivity index (χ0) is 36.7. The van der Waals surface area contributed by atoms with Gasteiger partial charge in [-0.15, -0.1) is 0 Å². The molecule has 6 aliphatic rings. The van der Waals surface area contributed by atoms with Crippen LogP contribution in [-0.2, 0) is 31.3 Å². The molecule has 2 aromatic rings. The minimum absolute atomic E-state index is 0.0731. The van der Waals surface area contributed by atoms with Gasteiger partial charge in [-0.2, -0.15) is 0 Å². The number of carbonyl (C=O) groups is 1. The molecule has 0 unspecified atom stereocenters. The number of nitrogens with one attached hydrogen (secondary N) is 1. The molecule has 11 heteroatoms. The van der Waals surface area contributed by atoms with E-state index in [2.05, 4.69) is 45.7 Å². The van der Waals surface area contributed by atoms with Crippen molar-refractivity contribution in [3.05, 3.63) is 70.3 Å². The van der Waals surface area contributed by atoms with Crippen molar-refractivity contribution in [1.29, 1.82) is 0 Å². The summed E-state index contributed by atoms with van der Waals surface area (Å²) in [7, 11) is -3.95. The molecule has 3 heterocycles. The van der Waals surface area contributed by atoms with Gasteiger partial charge in [-0.1, -0.05) is 49.6 Å². The maximum absolute atomic E-state index is 14.0. The SMILES string of the molecule is C[C@H](CO[C@H]1/C=C/C[C@H](C)[C@@H](CC2CC2)S(=O)(=O)NC(=O)c2ccc3c(c2)N(C[C@@H]2CC[C@H]21)C[C@@]1(CCCc2cc(Cl)ccc21)CO3)N1CCOCC1. The summed E-state index contributed by atoms with van der Waals surface area (Å²) in [5.41, 5.74) is 3.50. The number of sulfonamides is 1. The van der Waals surface area contributed by atoms with Crippen LogP contribution in [-0.4, -0.2) is 89.2 Å². The monoisotopic (exact) mass is 765 g/mol. The molecule has 3 aliphatic heterocycles. The van der Waals surface area contributed by atoms with Gasteiger partial charge in [0.2, 0.25) is 10.0 Å². The average molecular weight is 766 g/mol. The van der Waals surface area contributed by atoms with Crippen molar-refractivity contribution in [2.45, 2.75) is 94.4 Å². The first kappa shape index (κ1) is 37.3. The molecule has 1 spiro atoms. The van der Waals surface area contributed by atoms with Gasteiger partial charge in [-0.05, 0) is 117 Å². The number of halogens is 1. The van der Waals surface area contributed by atoms with E-state index in [0.29, 0.717) is 49.4 Å². The second-order valence-electron chi connectivity index (χ2n) is 16.9. The van der Waals surface area contributed by atoms with E-state index in [4.69, 9.17) is 25.8 Å². The van der Waals surface area contributed by atoms with Crippen LogP contribution < -0.4 is 14.4 Å². The van der Waals surface area contributed by atoms with E-state index in [1.807, 2.05) is 25.1 Å². The number of hydrogen-bond donors (Lipinski definition) is 1. The van der Waals surface area contributed by atoms with Crippen LogP contribution in [0.25, 0.3) is 0 Å². The number of nitrogens with zero attached hydrogens (tertiary/aromatic N) is 2. The summed E-state index contributed by atoms with van der Waals surface area (Å²) in [5.74, 6) is 1.09. The van der Waals surface area contributed by atoms with Crippen LogP contribution in [0.1, 0.15) is 86.7 Å². The number of fused-ring (bicyclic) bond motifs is 4. The number of rotatable bonds is 6. The van der Waals surface area contributed by atoms with Gasteiger partial charge in [0, 0.05) is 48.2 Å². The summed E-state index contributed by atoms with van der Waals surface area (Å²) in [6.45, 7) is 10.3. The van der Waals surface area contributed by atoms with Gasteiger partial charge >= 0.3 is 0 Å². The third kappa shape index (κ3) is 8.04. The molecule has 7 atom stereocenters. The second-order valence-corrected chi connectivity index (χ2v) is 19.3. The summed E-state index contributed by atoms with van der Waals surface area (Å²) in [5, 5.41) is 0.0939. The van der Waals surface area contributed by atoms with Gasteiger partial charge in [0.25, 0.3) is 5.91 Å². The first-order valence-electron chi connectivity index (χ1n) is 20.1. The highest BCUT2D eigenvalue weighted by Crippen LogP contribution is 2.47. The summed E-state index contributed by atoms with van der Waals surface area (Å²) in [6, 6.07) is 12.0. The lowest BCUT2D eigenvalue weighted by molar-refractivity contribution is -0.0499. The highest BCUT2D eigenvalue weighted by atomic mass is 35.5. The lowest BCUT2D eigenvalue weighted by Gasteiger charge is -2.46. The largest absolute Gasteiger partial charge is 0.490 e. The van der Waals surface area contributed by atoms with Gasteiger partial charge in [-0.25, -0.2) is 13.1 Å². The Balaban J connectivity index is 1.15. The number of allylic oxidation sites excluding steroid dienone is 1. The van der Waals surface area contributed by atoms with E-state index in [1.54, 1.807) is 6.07 Å². The Morgan fingerprint density at radius 3 is 2.70 bits per heavy atom. The zero-order valence-corrected chi connectivity index (χ0v) is 32.9. The first-order chi connectivity index (χ1) is 25.6. The number of aryl methyl sites for hydroxylation is 1. The van der Waals surface area contributed by atoms with Crippen LogP contribution in [0, 0.1) is 23.7 Å². The van der Waals surface area contributed by atoms with Crippen molar-refractivity contribution in [2.75, 3.05) is 57.5 Å². The van der Waals surface area contributed by atoms with Crippen molar-refractivity contribution >= 4 is 33.2 Å². The number of anilines is 1. The maximum Gasteiger partial charge on any atom is 0.264 e. The Morgan fingerprint density at radius 2 is 1.92 bits per heavy atom. The predicted octanol–water partition coefficient (Wildman–Crippen LogP) is 6.77. The molecular formula is C42H56ClN3O6S. The van der Waals surface area contributed by atoms with Crippen molar-refractivity contribution in [1.82, 2.24) is 9.62 Å². The standard InChI is InChI=1S/C42H56ClN3O6S/c1-28-5-3-7-38(51-25-29(2)45-17-19-50-20-18-45)35-13-10-33(35)24-46-26-42(16-4-6-31-22-34(43)12-14-36(31)42)27-52-39-15-11-32(23-37(39)46)41(47)44-53(48,49)40(28)21-30-8-9-30/h3,7,11-12,14-15,22-23,28-30,33,35,38,40H,4-6,8-10,13,16-21,24-27H2,1-2H3,(H,44,47)/b7-3+/t28-,29+,33-,35+,38-,40+,42-/m0/s1. The number of benzene rings is 2. The van der Waals surface area contributed by atoms with Crippen LogP contribution in [0.4, 0.5) is 5.69 Å². The maximum atomic E-state index is 14.0. The number of carbonyl (C=O) groups excluding carboxylic acids is 1. The van der Waals surface area contributed by atoms with E-state index >= 15 is 0 Å². The normalized spacial score (nSPS) is 33.0. The second kappa shape index (κ2) is 15.5. The molecule has 2 bridgehead atoms. The Hall–Kier alpha value is -2.63. The minimum atomic E-state index is -3.95. The number of hydrogen-bond acceptors (Lipinski definition) is 8. The van der Waals surface area contributed by atoms with Crippen LogP contribution in [0.5, 0.6) is 5.75 Å². The molecular weight excluding hydrogens is 710 g/mol. The molecule has 2 aromatic carbocycles. The molecule has 3 aliphatic carbocycles. The van der Waals surface area contributed by atoms with Crippen molar-refractivity contribution in [2.24, 2.45) is 23.7 Å². The summed E-state index contributed by atoms with van der Waals surface area (Å²) in [6.07, 6.45) is 12.8. The van der Waals surface area contributed by atoms with Gasteiger partial charge in [-0.3, -0.25) is 9.69 Å². The molecule has 3 fully saturated rings. The molecule has 0 radical (unpaired) electrons. The number of amides is 1. The highest BCUT2D eigenvalue weighted by molar-refractivity contribution is 7.90. The molecule has 1 amide bonds. The van der Waals surface area contributed by atoms with E-state index in [1.165, 1.54) is 11.1 Å². The third-order valence-electron chi connectivity index (χ3n) is 13.2. The molecule has 8 rings (SSSR count). The van der Waals surface area contributed by atoms with Crippen LogP contribution in [0.15, 0.2) is 48.6 Å². The predicted molar refractivity (Wildman–Crippen MR) is 208 cm³/mol. The average Bonchev–Trinajstić information content (AvgIpc) is 3.98. The Kier molecular flexibility index (Phi) is 10.9. The quantitative estimate of drug-likeness (QED) is 0.322. The van der Waals surface area contributed by atoms with Crippen LogP contribution in [0.3, 0.4) is 0 Å². The summed E-state index contributed by atoms with van der Waals surface area (Å²) >= 11 is 6.50. The molecule has 1 saturated heterocycles. The molecule has 53 heavy (non-hydrogen) atoms. The topological polar surface area (TPSA) is 97.4 Å². The lowest BCUT2D eigenvalue weighted by Crippen LogP contribution is -2.50. The molecule has 288 valence electrons. The Labute approximate surface area is 320 Å². The van der Waals surface area contributed by atoms with Crippen LogP contribution >= 0.6 is 11.6 Å². The third-order valence-corrected chi connectivity index (χ3v) is 15.4. The fraction of sp³-hybridized carbons (Fsp3) is 0.643. The summed E-state index contributed by atoms with van der Waals surface area (Å²) < 4.78 is 49.8. The van der Waals surface area contributed by atoms with E-state index in [9.17, 15) is 13.2 Å². The molecule has 2 saturated carbocycles. The molecule has 9 nitrogen and oxygen atoms in total. The zero-order valence-electron chi connectivity index (χ0n) is 31.3. The van der Waals surface area contributed by atoms with Crippen molar-refractivity contribution in [3.63, 3.8) is 0 Å². The molecule has 0 aromatic heterocycles. The van der Waals surface area contributed by atoms with E-state index in [0.717, 1.165) is 101 Å². The van der Waals surface area contributed by atoms with Gasteiger partial charge in [0.1, 0.15) is 5.75 Å². The van der Waals surface area contributed by atoms with E-state index in [-0.39, 0.29) is 23.5 Å². The van der Waals surface area contributed by atoms with Crippen molar-refractivity contribution < 1.29 is 27.4 Å². The van der Waals surface area contributed by atoms with Gasteiger partial charge < -0.3 is 19.1 Å². The fourth-order valence-electron chi connectivity index (χ4n) is 9.68. The van der Waals surface area contributed by atoms with Gasteiger partial charge in [0.15, 0.2) is 0 Å². The minimum Gasteiger partial charge on any atom is -0.490 e. The smallest absolute Gasteiger partial charge is 0.264 e. The van der Waals surface area contributed by atoms with Gasteiger partial charge in [0.05, 0.1) is 43.5 Å². The molecule has 1 N–H and O–H groups in total. The fourth-order valence-corrected chi connectivity index (χ4v) is 11.6. The first-order valence-corrected chi connectivity index (χ1v) is 22.0. The lowest BCUT2D eigenvalue weighted by atomic mass is 9.68. The Morgan fingerprint density at radius 1 is 1.09 bits per heavy atom. The highest BCUT2D eigenvalue weighted by Gasteiger charge is 2.45. The number of ether oxygens (including phenoxy) is 3. The number of morpholine rings is 1. The van der Waals surface area contributed by atoms with Crippen LogP contribution in [0.2, 0.25) is 5.02 Å². The van der Waals surface area contributed by atoms with E-state index < -0.39 is 21.2 Å².